The summed E-state index contributed by atoms with van der Waals surface area (Å²) in [6.07, 6.45) is 1.52. The lowest BCUT2D eigenvalue weighted by Gasteiger charge is -2.13. The maximum atomic E-state index is 12.6. The molecule has 0 aliphatic heterocycles. The minimum absolute atomic E-state index is 0.0850. The van der Waals surface area contributed by atoms with Crippen molar-refractivity contribution >= 4 is 27.5 Å². The number of benzene rings is 2. The molecule has 1 aromatic heterocycles. The van der Waals surface area contributed by atoms with Gasteiger partial charge in [0, 0.05) is 19.7 Å². The molecule has 3 rings (SSSR count). The maximum Gasteiger partial charge on any atom is 0.255 e. The van der Waals surface area contributed by atoms with Gasteiger partial charge in [0.05, 0.1) is 29.0 Å². The number of rotatable bonds is 7. The Bertz CT molecular complexity index is 1140. The van der Waals surface area contributed by atoms with E-state index in [0.717, 1.165) is 4.31 Å². The fourth-order valence-corrected chi connectivity index (χ4v) is 3.55. The van der Waals surface area contributed by atoms with E-state index in [1.807, 2.05) is 0 Å². The lowest BCUT2D eigenvalue weighted by molar-refractivity contribution is 0.0949. The zero-order chi connectivity index (χ0) is 21.7. The molecule has 0 saturated heterocycles. The molecule has 0 bridgehead atoms. The minimum atomic E-state index is -3.58. The Morgan fingerprint density at radius 3 is 2.27 bits per heavy atom. The highest BCUT2D eigenvalue weighted by atomic mass is 32.2. The quantitative estimate of drug-likeness (QED) is 0.603. The van der Waals surface area contributed by atoms with Crippen LogP contribution < -0.4 is 10.6 Å². The third-order valence-electron chi connectivity index (χ3n) is 4.32. The van der Waals surface area contributed by atoms with Crippen molar-refractivity contribution in [1.29, 1.82) is 0 Å². The van der Waals surface area contributed by atoms with Crippen LogP contribution in [0.2, 0.25) is 0 Å². The van der Waals surface area contributed by atoms with Gasteiger partial charge in [0.25, 0.3) is 11.8 Å². The van der Waals surface area contributed by atoms with Crippen LogP contribution in [0.5, 0.6) is 0 Å². The second kappa shape index (κ2) is 8.93. The highest BCUT2D eigenvalue weighted by molar-refractivity contribution is 7.89. The van der Waals surface area contributed by atoms with Crippen molar-refractivity contribution in [3.05, 3.63) is 83.8 Å². The van der Waals surface area contributed by atoms with E-state index in [9.17, 15) is 18.0 Å². The molecule has 0 saturated carbocycles. The average molecular weight is 427 g/mol. The van der Waals surface area contributed by atoms with Crippen LogP contribution in [0.3, 0.4) is 0 Å². The van der Waals surface area contributed by atoms with Gasteiger partial charge in [-0.1, -0.05) is 12.1 Å². The number of amides is 2. The largest absolute Gasteiger partial charge is 0.467 e. The van der Waals surface area contributed by atoms with Crippen molar-refractivity contribution in [1.82, 2.24) is 9.62 Å². The molecular formula is C21H21N3O5S. The summed E-state index contributed by atoms with van der Waals surface area (Å²) in [6, 6.07) is 15.7. The minimum Gasteiger partial charge on any atom is -0.467 e. The summed E-state index contributed by atoms with van der Waals surface area (Å²) < 4.78 is 30.6. The first-order valence-corrected chi connectivity index (χ1v) is 10.5. The van der Waals surface area contributed by atoms with Gasteiger partial charge >= 0.3 is 0 Å². The fraction of sp³-hybridized carbons (Fsp3) is 0.143. The van der Waals surface area contributed by atoms with Crippen LogP contribution >= 0.6 is 0 Å². The molecule has 0 unspecified atom stereocenters. The smallest absolute Gasteiger partial charge is 0.255 e. The predicted molar refractivity (Wildman–Crippen MR) is 112 cm³/mol. The Kier molecular flexibility index (Phi) is 6.34. The highest BCUT2D eigenvalue weighted by Crippen LogP contribution is 2.18. The first-order chi connectivity index (χ1) is 14.3. The van der Waals surface area contributed by atoms with Gasteiger partial charge in [0.2, 0.25) is 10.0 Å². The molecule has 2 aromatic carbocycles. The zero-order valence-electron chi connectivity index (χ0n) is 16.5. The monoisotopic (exact) mass is 427 g/mol. The van der Waals surface area contributed by atoms with E-state index in [1.165, 1.54) is 44.6 Å². The van der Waals surface area contributed by atoms with E-state index < -0.39 is 15.9 Å². The third kappa shape index (κ3) is 4.76. The van der Waals surface area contributed by atoms with Crippen LogP contribution in [0.1, 0.15) is 26.5 Å². The first kappa shape index (κ1) is 21.3. The van der Waals surface area contributed by atoms with Gasteiger partial charge in [-0.15, -0.1) is 0 Å². The number of sulfonamides is 1. The Hall–Kier alpha value is -3.43. The lowest BCUT2D eigenvalue weighted by Crippen LogP contribution is -2.24. The van der Waals surface area contributed by atoms with Gasteiger partial charge < -0.3 is 15.1 Å². The van der Waals surface area contributed by atoms with Crippen LogP contribution in [0.4, 0.5) is 5.69 Å². The van der Waals surface area contributed by atoms with Crippen molar-refractivity contribution in [3.63, 3.8) is 0 Å². The standard InChI is InChI=1S/C21H21N3O5S/c1-24(2)30(27,28)17-11-9-15(10-12-17)20(25)23-19-8-4-3-7-18(19)21(26)22-14-16-6-5-13-29-16/h3-13H,14H2,1-2H3,(H,22,26)(H,23,25). The average Bonchev–Trinajstić information content (AvgIpc) is 3.26. The second-order valence-corrected chi connectivity index (χ2v) is 8.73. The van der Waals surface area contributed by atoms with Crippen molar-refractivity contribution in [2.75, 3.05) is 19.4 Å². The van der Waals surface area contributed by atoms with E-state index in [2.05, 4.69) is 10.6 Å². The van der Waals surface area contributed by atoms with Gasteiger partial charge in [-0.05, 0) is 48.5 Å². The molecule has 2 amide bonds. The number of hydrogen-bond acceptors (Lipinski definition) is 5. The van der Waals surface area contributed by atoms with E-state index in [0.29, 0.717) is 17.0 Å². The molecular weight excluding hydrogens is 406 g/mol. The van der Waals surface area contributed by atoms with E-state index in [-0.39, 0.29) is 22.9 Å². The van der Waals surface area contributed by atoms with E-state index in [1.54, 1.807) is 36.4 Å². The summed E-state index contributed by atoms with van der Waals surface area (Å²) in [5.74, 6) is -0.220. The van der Waals surface area contributed by atoms with Crippen LogP contribution in [0, 0.1) is 0 Å². The van der Waals surface area contributed by atoms with E-state index >= 15 is 0 Å². The molecule has 0 radical (unpaired) electrons. The SMILES string of the molecule is CN(C)S(=O)(=O)c1ccc(C(=O)Nc2ccccc2C(=O)NCc2ccco2)cc1. The third-order valence-corrected chi connectivity index (χ3v) is 6.15. The van der Waals surface area contributed by atoms with Gasteiger partial charge in [0.1, 0.15) is 5.76 Å². The van der Waals surface area contributed by atoms with Crippen molar-refractivity contribution < 1.29 is 22.4 Å². The summed E-state index contributed by atoms with van der Waals surface area (Å²) in [6.45, 7) is 0.218. The molecule has 2 N–H and O–H groups in total. The highest BCUT2D eigenvalue weighted by Gasteiger charge is 2.18. The van der Waals surface area contributed by atoms with Crippen LogP contribution in [-0.2, 0) is 16.6 Å². The summed E-state index contributed by atoms with van der Waals surface area (Å²) in [5.41, 5.74) is 0.896. The van der Waals surface area contributed by atoms with Gasteiger partial charge in [-0.2, -0.15) is 0 Å². The number of nitrogens with zero attached hydrogens (tertiary/aromatic N) is 1. The fourth-order valence-electron chi connectivity index (χ4n) is 2.65. The number of carbonyl (C=O) groups excluding carboxylic acids is 2. The van der Waals surface area contributed by atoms with Crippen molar-refractivity contribution in [2.24, 2.45) is 0 Å². The lowest BCUT2D eigenvalue weighted by atomic mass is 10.1. The van der Waals surface area contributed by atoms with Crippen LogP contribution in [-0.4, -0.2) is 38.6 Å². The Morgan fingerprint density at radius 1 is 0.933 bits per heavy atom. The first-order valence-electron chi connectivity index (χ1n) is 9.02. The molecule has 1 heterocycles. The molecule has 0 fully saturated rings. The van der Waals surface area contributed by atoms with Crippen molar-refractivity contribution in [2.45, 2.75) is 11.4 Å². The summed E-state index contributed by atoms with van der Waals surface area (Å²) >= 11 is 0. The molecule has 156 valence electrons. The molecule has 0 aliphatic carbocycles. The van der Waals surface area contributed by atoms with E-state index in [4.69, 9.17) is 4.42 Å². The van der Waals surface area contributed by atoms with Gasteiger partial charge in [-0.3, -0.25) is 9.59 Å². The summed E-state index contributed by atoms with van der Waals surface area (Å²) in [5, 5.41) is 5.43. The number of furan rings is 1. The molecule has 0 atom stereocenters. The van der Waals surface area contributed by atoms with Crippen LogP contribution in [0.25, 0.3) is 0 Å². The molecule has 0 aliphatic rings. The Balaban J connectivity index is 1.73. The molecule has 9 heteroatoms. The normalized spacial score (nSPS) is 11.3. The number of para-hydroxylation sites is 1. The number of anilines is 1. The number of nitrogens with one attached hydrogen (secondary N) is 2. The summed E-state index contributed by atoms with van der Waals surface area (Å²) in [7, 11) is -0.711. The Labute approximate surface area is 174 Å². The Morgan fingerprint density at radius 2 is 1.63 bits per heavy atom. The molecule has 3 aromatic rings. The second-order valence-electron chi connectivity index (χ2n) is 6.57. The molecule has 8 nitrogen and oxygen atoms in total. The summed E-state index contributed by atoms with van der Waals surface area (Å²) in [4.78, 5) is 25.2. The predicted octanol–water partition coefficient (Wildman–Crippen LogP) is 2.71. The number of carbonyl (C=O) groups is 2. The van der Waals surface area contributed by atoms with Crippen molar-refractivity contribution in [3.8, 4) is 0 Å². The topological polar surface area (TPSA) is 109 Å². The van der Waals surface area contributed by atoms with Gasteiger partial charge in [-0.25, -0.2) is 12.7 Å². The van der Waals surface area contributed by atoms with Gasteiger partial charge in [0.15, 0.2) is 0 Å². The zero-order valence-corrected chi connectivity index (χ0v) is 17.3. The number of hydrogen-bond donors (Lipinski definition) is 2. The molecule has 30 heavy (non-hydrogen) atoms. The molecule has 0 spiro atoms. The maximum absolute atomic E-state index is 12.6. The van der Waals surface area contributed by atoms with Crippen LogP contribution in [0.15, 0.2) is 76.2 Å².